The lowest BCUT2D eigenvalue weighted by atomic mass is 10.2. The number of carbonyl (C=O) groups excluding carboxylic acids is 1. The van der Waals surface area contributed by atoms with Crippen molar-refractivity contribution in [3.8, 4) is 0 Å². The molecule has 0 aliphatic rings. The summed E-state index contributed by atoms with van der Waals surface area (Å²) in [6.45, 7) is 2.50. The van der Waals surface area contributed by atoms with Crippen LogP contribution >= 0.6 is 0 Å². The molecule has 1 rings (SSSR count). The number of aliphatic hydroxyl groups is 1. The summed E-state index contributed by atoms with van der Waals surface area (Å²) in [5.74, 6) is -0.254. The maximum Gasteiger partial charge on any atom is 0.335 e. The van der Waals surface area contributed by atoms with Crippen LogP contribution in [0.1, 0.15) is 17.3 Å². The van der Waals surface area contributed by atoms with Crippen LogP contribution in [0.3, 0.4) is 0 Å². The van der Waals surface area contributed by atoms with Crippen LogP contribution in [0.2, 0.25) is 0 Å². The molecule has 5 heteroatoms. The Balaban J connectivity index is 2.82. The van der Waals surface area contributed by atoms with Gasteiger partial charge in [-0.25, -0.2) is 4.79 Å². The van der Waals surface area contributed by atoms with Crippen molar-refractivity contribution in [2.45, 2.75) is 6.92 Å². The van der Waals surface area contributed by atoms with E-state index < -0.39 is 5.63 Å². The Morgan fingerprint density at radius 1 is 1.53 bits per heavy atom. The molecule has 1 N–H and O–H groups in total. The molecule has 5 nitrogen and oxygen atoms in total. The third-order valence-electron chi connectivity index (χ3n) is 1.99. The van der Waals surface area contributed by atoms with Gasteiger partial charge in [0.1, 0.15) is 6.26 Å². The topological polar surface area (TPSA) is 70.8 Å². The van der Waals surface area contributed by atoms with Crippen LogP contribution < -0.4 is 5.63 Å². The molecule has 0 saturated carbocycles. The molecule has 0 unspecified atom stereocenters. The first-order chi connectivity index (χ1) is 7.19. The van der Waals surface area contributed by atoms with Crippen molar-refractivity contribution in [1.82, 2.24) is 4.90 Å². The van der Waals surface area contributed by atoms with Gasteiger partial charge in [0.15, 0.2) is 0 Å². The van der Waals surface area contributed by atoms with E-state index in [1.54, 1.807) is 0 Å². The van der Waals surface area contributed by atoms with Crippen molar-refractivity contribution in [1.29, 1.82) is 0 Å². The minimum absolute atomic E-state index is 0.0869. The molecule has 1 heterocycles. The zero-order chi connectivity index (χ0) is 11.3. The predicted molar refractivity (Wildman–Crippen MR) is 53.6 cm³/mol. The lowest BCUT2D eigenvalue weighted by Crippen LogP contribution is -2.33. The average molecular weight is 211 g/mol. The smallest absolute Gasteiger partial charge is 0.335 e. The first-order valence-electron chi connectivity index (χ1n) is 4.68. The highest BCUT2D eigenvalue weighted by Crippen LogP contribution is 2.02. The van der Waals surface area contributed by atoms with Crippen LogP contribution in [0, 0.1) is 0 Å². The fourth-order valence-electron chi connectivity index (χ4n) is 1.19. The first-order valence-corrected chi connectivity index (χ1v) is 4.68. The fraction of sp³-hybridized carbons (Fsp3) is 0.400. The van der Waals surface area contributed by atoms with Crippen LogP contribution in [0.25, 0.3) is 0 Å². The maximum absolute atomic E-state index is 11.7. The fourth-order valence-corrected chi connectivity index (χ4v) is 1.19. The second kappa shape index (κ2) is 5.31. The van der Waals surface area contributed by atoms with Gasteiger partial charge in [0.05, 0.1) is 12.2 Å². The SMILES string of the molecule is CCN(CCO)C(=O)c1ccc(=O)oc1. The number of hydrogen-bond donors (Lipinski definition) is 1. The molecule has 15 heavy (non-hydrogen) atoms. The summed E-state index contributed by atoms with van der Waals surface area (Å²) in [4.78, 5) is 23.9. The summed E-state index contributed by atoms with van der Waals surface area (Å²) >= 11 is 0. The molecule has 0 spiro atoms. The van der Waals surface area contributed by atoms with E-state index in [1.807, 2.05) is 6.92 Å². The van der Waals surface area contributed by atoms with Gasteiger partial charge in [-0.2, -0.15) is 0 Å². The van der Waals surface area contributed by atoms with E-state index in [0.717, 1.165) is 6.26 Å². The lowest BCUT2D eigenvalue weighted by Gasteiger charge is -2.18. The molecule has 0 radical (unpaired) electrons. The molecular weight excluding hydrogens is 198 g/mol. The van der Waals surface area contributed by atoms with Gasteiger partial charge in [-0.05, 0) is 13.0 Å². The van der Waals surface area contributed by atoms with Crippen molar-refractivity contribution in [3.05, 3.63) is 34.4 Å². The van der Waals surface area contributed by atoms with Gasteiger partial charge < -0.3 is 14.4 Å². The van der Waals surface area contributed by atoms with Crippen LogP contribution in [-0.4, -0.2) is 35.6 Å². The van der Waals surface area contributed by atoms with Crippen LogP contribution in [-0.2, 0) is 0 Å². The molecule has 0 saturated heterocycles. The van der Waals surface area contributed by atoms with Crippen molar-refractivity contribution >= 4 is 5.91 Å². The number of aliphatic hydroxyl groups excluding tert-OH is 1. The second-order valence-electron chi connectivity index (χ2n) is 2.95. The Kier molecular flexibility index (Phi) is 4.05. The van der Waals surface area contributed by atoms with Gasteiger partial charge in [0.25, 0.3) is 5.91 Å². The largest absolute Gasteiger partial charge is 0.430 e. The van der Waals surface area contributed by atoms with E-state index in [-0.39, 0.29) is 19.1 Å². The molecule has 0 aliphatic carbocycles. The number of rotatable bonds is 4. The van der Waals surface area contributed by atoms with Crippen LogP contribution in [0.5, 0.6) is 0 Å². The third kappa shape index (κ3) is 2.92. The summed E-state index contributed by atoms with van der Waals surface area (Å²) in [5, 5.41) is 8.74. The number of hydrogen-bond acceptors (Lipinski definition) is 4. The Labute approximate surface area is 86.9 Å². The zero-order valence-electron chi connectivity index (χ0n) is 8.47. The van der Waals surface area contributed by atoms with Gasteiger partial charge in [-0.3, -0.25) is 4.79 Å². The molecule has 1 amide bonds. The maximum atomic E-state index is 11.7. The number of carbonyl (C=O) groups is 1. The number of likely N-dealkylation sites (N-methyl/N-ethyl adjacent to an activating group) is 1. The molecule has 1 aromatic rings. The van der Waals surface area contributed by atoms with Gasteiger partial charge in [-0.1, -0.05) is 0 Å². The highest BCUT2D eigenvalue weighted by Gasteiger charge is 2.13. The van der Waals surface area contributed by atoms with Gasteiger partial charge >= 0.3 is 5.63 Å². The Hall–Kier alpha value is -1.62. The minimum Gasteiger partial charge on any atom is -0.430 e. The third-order valence-corrected chi connectivity index (χ3v) is 1.99. The molecule has 0 aromatic carbocycles. The summed E-state index contributed by atoms with van der Waals surface area (Å²) in [7, 11) is 0. The molecular formula is C10H13NO4. The van der Waals surface area contributed by atoms with Crippen molar-refractivity contribution in [2.75, 3.05) is 19.7 Å². The molecule has 1 aromatic heterocycles. The van der Waals surface area contributed by atoms with Crippen molar-refractivity contribution < 1.29 is 14.3 Å². The highest BCUT2D eigenvalue weighted by atomic mass is 16.4. The average Bonchev–Trinajstić information content (AvgIpc) is 2.26. The zero-order valence-corrected chi connectivity index (χ0v) is 8.47. The summed E-state index contributed by atoms with van der Waals surface area (Å²) in [6, 6.07) is 2.61. The molecule has 0 fully saturated rings. The summed E-state index contributed by atoms with van der Waals surface area (Å²) in [5.41, 5.74) is -0.179. The van der Waals surface area contributed by atoms with Gasteiger partial charge in [0.2, 0.25) is 0 Å². The molecule has 0 bridgehead atoms. The second-order valence-corrected chi connectivity index (χ2v) is 2.95. The van der Waals surface area contributed by atoms with Crippen LogP contribution in [0.4, 0.5) is 0 Å². The number of nitrogens with zero attached hydrogens (tertiary/aromatic N) is 1. The predicted octanol–water partition coefficient (Wildman–Crippen LogP) is 0.0942. The standard InChI is InChI=1S/C10H13NO4/c1-2-11(5-6-12)10(14)8-3-4-9(13)15-7-8/h3-4,7,12H,2,5-6H2,1H3. The van der Waals surface area contributed by atoms with Crippen LogP contribution in [0.15, 0.2) is 27.6 Å². The van der Waals surface area contributed by atoms with E-state index in [1.165, 1.54) is 17.0 Å². The first kappa shape index (κ1) is 11.5. The van der Waals surface area contributed by atoms with Gasteiger partial charge in [0, 0.05) is 19.2 Å². The monoisotopic (exact) mass is 211 g/mol. The highest BCUT2D eigenvalue weighted by molar-refractivity contribution is 5.93. The normalized spacial score (nSPS) is 10.0. The Morgan fingerprint density at radius 2 is 2.27 bits per heavy atom. The molecule has 82 valence electrons. The summed E-state index contributed by atoms with van der Waals surface area (Å²) < 4.78 is 4.59. The molecule has 0 aliphatic heterocycles. The van der Waals surface area contributed by atoms with E-state index in [0.29, 0.717) is 12.1 Å². The minimum atomic E-state index is -0.489. The molecule has 0 atom stereocenters. The van der Waals surface area contributed by atoms with E-state index in [4.69, 9.17) is 5.11 Å². The Morgan fingerprint density at radius 3 is 2.73 bits per heavy atom. The van der Waals surface area contributed by atoms with E-state index in [2.05, 4.69) is 4.42 Å². The van der Waals surface area contributed by atoms with E-state index in [9.17, 15) is 9.59 Å². The summed E-state index contributed by atoms with van der Waals surface area (Å²) in [6.07, 6.45) is 1.13. The van der Waals surface area contributed by atoms with Gasteiger partial charge in [-0.15, -0.1) is 0 Å². The quantitative estimate of drug-likeness (QED) is 0.766. The van der Waals surface area contributed by atoms with Crippen molar-refractivity contribution in [3.63, 3.8) is 0 Å². The number of amides is 1. The lowest BCUT2D eigenvalue weighted by molar-refractivity contribution is 0.0729. The van der Waals surface area contributed by atoms with E-state index >= 15 is 0 Å². The van der Waals surface area contributed by atoms with Crippen molar-refractivity contribution in [2.24, 2.45) is 0 Å². The Bertz CT molecular complexity index is 365.